The molecule has 0 atom stereocenters. The van der Waals surface area contributed by atoms with Gasteiger partial charge in [-0.05, 0) is 42.5 Å². The number of benzene rings is 3. The molecule has 0 aliphatic carbocycles. The Labute approximate surface area is 240 Å². The van der Waals surface area contributed by atoms with Crippen LogP contribution >= 0.6 is 27.5 Å². The Morgan fingerprint density at radius 3 is 2.67 bits per heavy atom. The Balaban J connectivity index is 1.76. The fourth-order valence-corrected chi connectivity index (χ4v) is 4.33. The minimum absolute atomic E-state index is 0.00803. The number of carbonyl (C=O) groups is 1. The number of rotatable bonds is 7. The number of halogens is 3. The Morgan fingerprint density at radius 1 is 1.25 bits per heavy atom. The van der Waals surface area contributed by atoms with Gasteiger partial charge in [-0.25, -0.2) is 9.37 Å². The second kappa shape index (κ2) is 11.5. The molecule has 0 aliphatic heterocycles. The van der Waals surface area contributed by atoms with Gasteiger partial charge in [-0.2, -0.15) is 9.78 Å². The summed E-state index contributed by atoms with van der Waals surface area (Å²) in [7, 11) is 0. The molecule has 0 fully saturated rings. The standard InChI is InChI=1S/C27H22BrClFN5O5/c1-27(2,3)26-33-21-8-7-16(28)10-20(21)25(37)34(26)31-13-15-9-17(29)11-22(35(38)39)24(15)40-14-23(36)32-19-6-4-5-18(30)12-19/h4-13H,14H2,1-3H3,(H,32,36). The molecule has 1 N–H and O–H groups in total. The van der Waals surface area contributed by atoms with Gasteiger partial charge >= 0.3 is 5.69 Å². The zero-order chi connectivity index (χ0) is 29.2. The first kappa shape index (κ1) is 28.8. The van der Waals surface area contributed by atoms with Crippen molar-refractivity contribution in [3.63, 3.8) is 0 Å². The highest BCUT2D eigenvalue weighted by Gasteiger charge is 2.24. The quantitative estimate of drug-likeness (QED) is 0.150. The molecule has 40 heavy (non-hydrogen) atoms. The molecule has 3 aromatic carbocycles. The van der Waals surface area contributed by atoms with Gasteiger partial charge in [-0.15, -0.1) is 0 Å². The molecule has 0 aliphatic rings. The van der Waals surface area contributed by atoms with Gasteiger partial charge in [0, 0.05) is 32.2 Å². The average Bonchev–Trinajstić information content (AvgIpc) is 2.86. The first-order valence-corrected chi connectivity index (χ1v) is 12.9. The number of hydrogen-bond donors (Lipinski definition) is 1. The Hall–Kier alpha value is -4.16. The van der Waals surface area contributed by atoms with Crippen molar-refractivity contribution in [2.45, 2.75) is 26.2 Å². The molecule has 10 nitrogen and oxygen atoms in total. The highest BCUT2D eigenvalue weighted by molar-refractivity contribution is 9.10. The molecule has 0 radical (unpaired) electrons. The summed E-state index contributed by atoms with van der Waals surface area (Å²) in [6.07, 6.45) is 1.18. The van der Waals surface area contributed by atoms with Crippen LogP contribution < -0.4 is 15.6 Å². The van der Waals surface area contributed by atoms with Crippen LogP contribution in [0.2, 0.25) is 5.02 Å². The fourth-order valence-electron chi connectivity index (χ4n) is 3.75. The van der Waals surface area contributed by atoms with Gasteiger partial charge in [0.25, 0.3) is 11.5 Å². The fraction of sp³-hybridized carbons (Fsp3) is 0.185. The SMILES string of the molecule is CC(C)(C)c1nc2ccc(Br)cc2c(=O)n1N=Cc1cc(Cl)cc([N+](=O)[O-])c1OCC(=O)Nc1cccc(F)c1. The monoisotopic (exact) mass is 629 g/mol. The van der Waals surface area contributed by atoms with Crippen molar-refractivity contribution in [1.29, 1.82) is 0 Å². The van der Waals surface area contributed by atoms with Crippen molar-refractivity contribution in [3.8, 4) is 5.75 Å². The van der Waals surface area contributed by atoms with Gasteiger partial charge in [0.1, 0.15) is 11.6 Å². The second-order valence-corrected chi connectivity index (χ2v) is 11.0. The largest absolute Gasteiger partial charge is 0.476 e. The van der Waals surface area contributed by atoms with Gasteiger partial charge in [-0.3, -0.25) is 19.7 Å². The van der Waals surface area contributed by atoms with Gasteiger partial charge in [0.2, 0.25) is 5.75 Å². The number of nitro groups is 1. The van der Waals surface area contributed by atoms with Crippen LogP contribution in [-0.4, -0.2) is 33.3 Å². The maximum atomic E-state index is 13.5. The molecular formula is C27H22BrClFN5O5. The molecule has 1 aromatic heterocycles. The first-order chi connectivity index (χ1) is 18.8. The lowest BCUT2D eigenvalue weighted by molar-refractivity contribution is -0.385. The van der Waals surface area contributed by atoms with Crippen molar-refractivity contribution in [3.05, 3.63) is 102 Å². The third kappa shape index (κ3) is 6.52. The van der Waals surface area contributed by atoms with Crippen LogP contribution in [0.15, 0.2) is 69.0 Å². The number of anilines is 1. The molecule has 0 saturated heterocycles. The van der Waals surface area contributed by atoms with E-state index in [1.54, 1.807) is 18.2 Å². The summed E-state index contributed by atoms with van der Waals surface area (Å²) in [5, 5.41) is 18.9. The normalized spacial score (nSPS) is 11.7. The van der Waals surface area contributed by atoms with E-state index in [-0.39, 0.29) is 22.0 Å². The van der Waals surface area contributed by atoms with E-state index in [2.05, 4.69) is 31.3 Å². The highest BCUT2D eigenvalue weighted by atomic mass is 79.9. The number of aromatic nitrogens is 2. The Kier molecular flexibility index (Phi) is 8.31. The smallest absolute Gasteiger partial charge is 0.313 e. The number of nitro benzene ring substituents is 1. The predicted molar refractivity (Wildman–Crippen MR) is 154 cm³/mol. The van der Waals surface area contributed by atoms with E-state index >= 15 is 0 Å². The number of fused-ring (bicyclic) bond motifs is 1. The molecule has 0 saturated carbocycles. The van der Waals surface area contributed by atoms with E-state index in [1.807, 2.05) is 20.8 Å². The number of nitrogens with one attached hydrogen (secondary N) is 1. The lowest BCUT2D eigenvalue weighted by Gasteiger charge is -2.21. The summed E-state index contributed by atoms with van der Waals surface area (Å²) in [5.41, 5.74) is -0.870. The van der Waals surface area contributed by atoms with Crippen LogP contribution in [0.5, 0.6) is 5.75 Å². The molecule has 1 amide bonds. The van der Waals surface area contributed by atoms with Crippen molar-refractivity contribution in [2.24, 2.45) is 5.10 Å². The van der Waals surface area contributed by atoms with Crippen LogP contribution in [0.25, 0.3) is 10.9 Å². The summed E-state index contributed by atoms with van der Waals surface area (Å²) in [6, 6.07) is 12.8. The lowest BCUT2D eigenvalue weighted by atomic mass is 9.95. The molecular weight excluding hydrogens is 609 g/mol. The van der Waals surface area contributed by atoms with E-state index in [9.17, 15) is 24.1 Å². The third-order valence-electron chi connectivity index (χ3n) is 5.51. The zero-order valence-corrected chi connectivity index (χ0v) is 23.8. The van der Waals surface area contributed by atoms with Crippen molar-refractivity contribution >= 4 is 61.9 Å². The van der Waals surface area contributed by atoms with Crippen LogP contribution in [-0.2, 0) is 10.2 Å². The maximum Gasteiger partial charge on any atom is 0.313 e. The van der Waals surface area contributed by atoms with Crippen LogP contribution in [0.4, 0.5) is 15.8 Å². The van der Waals surface area contributed by atoms with E-state index in [1.165, 1.54) is 30.5 Å². The number of hydrogen-bond acceptors (Lipinski definition) is 7. The topological polar surface area (TPSA) is 129 Å². The summed E-state index contributed by atoms with van der Waals surface area (Å²) >= 11 is 9.50. The summed E-state index contributed by atoms with van der Waals surface area (Å²) in [5.74, 6) is -1.19. The average molecular weight is 631 g/mol. The molecule has 0 spiro atoms. The first-order valence-electron chi connectivity index (χ1n) is 11.8. The molecule has 0 unspecified atom stereocenters. The maximum absolute atomic E-state index is 13.5. The minimum atomic E-state index is -0.717. The number of amides is 1. The second-order valence-electron chi connectivity index (χ2n) is 9.66. The van der Waals surface area contributed by atoms with Gasteiger partial charge in [-0.1, -0.05) is 54.4 Å². The number of carbonyl (C=O) groups excluding carboxylic acids is 1. The molecule has 206 valence electrons. The predicted octanol–water partition coefficient (Wildman–Crippen LogP) is 6.06. The van der Waals surface area contributed by atoms with Crippen LogP contribution in [0.1, 0.15) is 32.2 Å². The Morgan fingerprint density at radius 2 is 2.00 bits per heavy atom. The molecule has 0 bridgehead atoms. The van der Waals surface area contributed by atoms with Gasteiger partial charge in [0.15, 0.2) is 6.61 Å². The third-order valence-corrected chi connectivity index (χ3v) is 6.22. The van der Waals surface area contributed by atoms with Crippen molar-refractivity contribution in [2.75, 3.05) is 11.9 Å². The van der Waals surface area contributed by atoms with Crippen LogP contribution in [0, 0.1) is 15.9 Å². The van der Waals surface area contributed by atoms with Crippen molar-refractivity contribution < 1.29 is 18.8 Å². The molecule has 4 rings (SSSR count). The van der Waals surface area contributed by atoms with E-state index < -0.39 is 39.9 Å². The van der Waals surface area contributed by atoms with E-state index in [0.717, 1.165) is 16.8 Å². The summed E-state index contributed by atoms with van der Waals surface area (Å²) < 4.78 is 20.8. The van der Waals surface area contributed by atoms with Gasteiger partial charge < -0.3 is 10.1 Å². The van der Waals surface area contributed by atoms with Gasteiger partial charge in [0.05, 0.1) is 22.0 Å². The summed E-state index contributed by atoms with van der Waals surface area (Å²) in [4.78, 5) is 41.6. The van der Waals surface area contributed by atoms with Crippen molar-refractivity contribution in [1.82, 2.24) is 9.66 Å². The lowest BCUT2D eigenvalue weighted by Crippen LogP contribution is -2.29. The molecule has 4 aromatic rings. The Bertz CT molecular complexity index is 1740. The van der Waals surface area contributed by atoms with E-state index in [0.29, 0.717) is 21.2 Å². The van der Waals surface area contributed by atoms with Crippen LogP contribution in [0.3, 0.4) is 0 Å². The highest BCUT2D eigenvalue weighted by Crippen LogP contribution is 2.34. The molecule has 1 heterocycles. The zero-order valence-electron chi connectivity index (χ0n) is 21.4. The summed E-state index contributed by atoms with van der Waals surface area (Å²) in [6.45, 7) is 4.95. The minimum Gasteiger partial charge on any atom is -0.476 e. The number of nitrogens with zero attached hydrogens (tertiary/aromatic N) is 4. The number of ether oxygens (including phenoxy) is 1. The molecule has 13 heteroatoms. The van der Waals surface area contributed by atoms with E-state index in [4.69, 9.17) is 16.3 Å².